The minimum absolute atomic E-state index is 0.0803. The number of nitrogens with zero attached hydrogens (tertiary/aromatic N) is 4. The lowest BCUT2D eigenvalue weighted by molar-refractivity contribution is -0.162. The minimum atomic E-state index is -4.51. The highest BCUT2D eigenvalue weighted by molar-refractivity contribution is 7.13. The van der Waals surface area contributed by atoms with Gasteiger partial charge in [0.25, 0.3) is 0 Å². The zero-order valence-electron chi connectivity index (χ0n) is 15.7. The van der Waals surface area contributed by atoms with Crippen molar-refractivity contribution in [1.29, 1.82) is 5.26 Å². The van der Waals surface area contributed by atoms with Crippen molar-refractivity contribution in [2.75, 3.05) is 6.54 Å². The molecule has 1 amide bonds. The molecule has 0 saturated heterocycles. The molecule has 0 aliphatic heterocycles. The predicted molar refractivity (Wildman–Crippen MR) is 103 cm³/mol. The largest absolute Gasteiger partial charge is 0.406 e. The molecule has 0 N–H and O–H groups in total. The van der Waals surface area contributed by atoms with Gasteiger partial charge in [-0.05, 0) is 35.6 Å². The Hall–Kier alpha value is -3.19. The van der Waals surface area contributed by atoms with Crippen LogP contribution in [-0.4, -0.2) is 33.7 Å². The number of hydrogen-bond donors (Lipinski definition) is 0. The van der Waals surface area contributed by atoms with E-state index in [0.29, 0.717) is 29.3 Å². The Bertz CT molecular complexity index is 1010. The first-order chi connectivity index (χ1) is 14.3. The summed E-state index contributed by atoms with van der Waals surface area (Å²) in [5, 5.41) is 14.6. The fraction of sp³-hybridized carbons (Fsp3) is 0.300. The second-order valence-corrected chi connectivity index (χ2v) is 7.46. The molecule has 0 saturated carbocycles. The zero-order valence-corrected chi connectivity index (χ0v) is 16.5. The molecule has 3 aromatic rings. The van der Waals surface area contributed by atoms with Crippen molar-refractivity contribution in [2.45, 2.75) is 32.0 Å². The van der Waals surface area contributed by atoms with E-state index in [1.807, 2.05) is 23.6 Å². The summed E-state index contributed by atoms with van der Waals surface area (Å²) in [5.41, 5.74) is 0.915. The van der Waals surface area contributed by atoms with Gasteiger partial charge in [0.15, 0.2) is 0 Å². The molecule has 6 nitrogen and oxygen atoms in total. The summed E-state index contributed by atoms with van der Waals surface area (Å²) in [4.78, 5) is 18.3. The van der Waals surface area contributed by atoms with Crippen LogP contribution in [0.2, 0.25) is 0 Å². The quantitative estimate of drug-likeness (QED) is 0.518. The predicted octanol–water partition coefficient (Wildman–Crippen LogP) is 4.58. The molecule has 0 aliphatic rings. The lowest BCUT2D eigenvalue weighted by Crippen LogP contribution is -2.38. The summed E-state index contributed by atoms with van der Waals surface area (Å²) < 4.78 is 44.0. The van der Waals surface area contributed by atoms with Gasteiger partial charge in [-0.15, -0.1) is 11.3 Å². The molecule has 0 spiro atoms. The average molecular weight is 434 g/mol. The van der Waals surface area contributed by atoms with E-state index in [0.717, 1.165) is 9.78 Å². The SMILES string of the molecule is N#Cc1ccc(CN(CC(F)(F)F)C(=O)CCCc2nc(-c3cccs3)no2)cc1. The van der Waals surface area contributed by atoms with Crippen LogP contribution in [0.3, 0.4) is 0 Å². The Morgan fingerprint density at radius 3 is 2.63 bits per heavy atom. The van der Waals surface area contributed by atoms with Crippen molar-refractivity contribution >= 4 is 17.2 Å². The van der Waals surface area contributed by atoms with Gasteiger partial charge in [0.1, 0.15) is 6.54 Å². The third-order valence-corrected chi connectivity index (χ3v) is 5.04. The normalized spacial score (nSPS) is 11.3. The van der Waals surface area contributed by atoms with Gasteiger partial charge in [0, 0.05) is 19.4 Å². The Labute approximate surface area is 174 Å². The summed E-state index contributed by atoms with van der Waals surface area (Å²) in [7, 11) is 0. The van der Waals surface area contributed by atoms with Gasteiger partial charge >= 0.3 is 6.18 Å². The van der Waals surface area contributed by atoms with Gasteiger partial charge in [-0.3, -0.25) is 4.79 Å². The van der Waals surface area contributed by atoms with Crippen molar-refractivity contribution in [1.82, 2.24) is 15.0 Å². The van der Waals surface area contributed by atoms with Crippen LogP contribution in [-0.2, 0) is 17.8 Å². The van der Waals surface area contributed by atoms with Crippen LogP contribution < -0.4 is 0 Å². The third-order valence-electron chi connectivity index (χ3n) is 4.17. The van der Waals surface area contributed by atoms with E-state index in [4.69, 9.17) is 9.78 Å². The molecule has 30 heavy (non-hydrogen) atoms. The molecule has 2 aromatic heterocycles. The first-order valence-corrected chi connectivity index (χ1v) is 9.92. The van der Waals surface area contributed by atoms with Gasteiger partial charge < -0.3 is 9.42 Å². The second kappa shape index (κ2) is 9.54. The summed E-state index contributed by atoms with van der Waals surface area (Å²) in [6, 6.07) is 11.7. The molecule has 0 atom stereocenters. The van der Waals surface area contributed by atoms with Crippen LogP contribution in [0.15, 0.2) is 46.3 Å². The van der Waals surface area contributed by atoms with Crippen molar-refractivity contribution in [3.8, 4) is 16.8 Å². The Morgan fingerprint density at radius 2 is 2.00 bits per heavy atom. The van der Waals surface area contributed by atoms with E-state index in [9.17, 15) is 18.0 Å². The molecular formula is C20H17F3N4O2S. The first kappa shape index (κ1) is 21.5. The second-order valence-electron chi connectivity index (χ2n) is 6.52. The van der Waals surface area contributed by atoms with Gasteiger partial charge in [-0.25, -0.2) is 0 Å². The van der Waals surface area contributed by atoms with Crippen molar-refractivity contribution in [3.63, 3.8) is 0 Å². The molecule has 0 unspecified atom stereocenters. The topological polar surface area (TPSA) is 83.0 Å². The molecule has 3 rings (SSSR count). The smallest absolute Gasteiger partial charge is 0.339 e. The van der Waals surface area contributed by atoms with Gasteiger partial charge in [-0.2, -0.15) is 23.4 Å². The lowest BCUT2D eigenvalue weighted by Gasteiger charge is -2.24. The minimum Gasteiger partial charge on any atom is -0.339 e. The fourth-order valence-corrected chi connectivity index (χ4v) is 3.41. The lowest BCUT2D eigenvalue weighted by atomic mass is 10.1. The highest BCUT2D eigenvalue weighted by Gasteiger charge is 2.32. The number of nitriles is 1. The fourth-order valence-electron chi connectivity index (χ4n) is 2.76. The summed E-state index contributed by atoms with van der Waals surface area (Å²) in [6.07, 6.45) is -4.01. The molecule has 1 aromatic carbocycles. The number of rotatable bonds is 8. The summed E-state index contributed by atoms with van der Waals surface area (Å²) in [5.74, 6) is 0.168. The van der Waals surface area contributed by atoms with E-state index in [1.165, 1.54) is 23.5 Å². The zero-order chi connectivity index (χ0) is 21.6. The Kier molecular flexibility index (Phi) is 6.84. The molecule has 0 radical (unpaired) electrons. The number of benzene rings is 1. The Balaban J connectivity index is 1.58. The van der Waals surface area contributed by atoms with Gasteiger partial charge in [-0.1, -0.05) is 23.4 Å². The van der Waals surface area contributed by atoms with Crippen molar-refractivity contribution < 1.29 is 22.5 Å². The highest BCUT2D eigenvalue weighted by atomic mass is 32.1. The third kappa shape index (κ3) is 6.15. The van der Waals surface area contributed by atoms with E-state index in [2.05, 4.69) is 10.1 Å². The van der Waals surface area contributed by atoms with Crippen LogP contribution in [0.25, 0.3) is 10.7 Å². The first-order valence-electron chi connectivity index (χ1n) is 9.04. The van der Waals surface area contributed by atoms with Crippen LogP contribution in [0.1, 0.15) is 29.9 Å². The maximum absolute atomic E-state index is 12.9. The summed E-state index contributed by atoms with van der Waals surface area (Å²) >= 11 is 1.46. The molecular weight excluding hydrogens is 417 g/mol. The molecule has 0 aliphatic carbocycles. The number of alkyl halides is 3. The number of aromatic nitrogens is 2. The monoisotopic (exact) mass is 434 g/mol. The molecule has 156 valence electrons. The maximum Gasteiger partial charge on any atom is 0.406 e. The van der Waals surface area contributed by atoms with E-state index in [1.54, 1.807) is 12.1 Å². The number of thiophene rings is 1. The number of carbonyl (C=O) groups excluding carboxylic acids is 1. The maximum atomic E-state index is 12.9. The molecule has 2 heterocycles. The highest BCUT2D eigenvalue weighted by Crippen LogP contribution is 2.22. The summed E-state index contributed by atoms with van der Waals surface area (Å²) in [6.45, 7) is -1.53. The van der Waals surface area contributed by atoms with E-state index >= 15 is 0 Å². The average Bonchev–Trinajstić information content (AvgIpc) is 3.39. The number of halogens is 3. The standard InChI is InChI=1S/C20H17F3N4O2S/c21-20(22,23)13-27(12-15-8-6-14(11-24)7-9-15)18(28)5-1-4-17-25-19(26-29-17)16-3-2-10-30-16/h2-3,6-10H,1,4-5,12-13H2. The Morgan fingerprint density at radius 1 is 1.23 bits per heavy atom. The van der Waals surface area contributed by atoms with Crippen molar-refractivity contribution in [3.05, 3.63) is 58.8 Å². The van der Waals surface area contributed by atoms with E-state index in [-0.39, 0.29) is 19.4 Å². The number of hydrogen-bond acceptors (Lipinski definition) is 6. The van der Waals surface area contributed by atoms with Crippen molar-refractivity contribution in [2.24, 2.45) is 0 Å². The van der Waals surface area contributed by atoms with Crippen LogP contribution in [0.5, 0.6) is 0 Å². The number of amides is 1. The molecule has 10 heteroatoms. The van der Waals surface area contributed by atoms with Gasteiger partial charge in [0.2, 0.25) is 17.6 Å². The molecule has 0 bridgehead atoms. The van der Waals surface area contributed by atoms with E-state index < -0.39 is 18.6 Å². The number of carbonyl (C=O) groups is 1. The van der Waals surface area contributed by atoms with Crippen LogP contribution in [0, 0.1) is 11.3 Å². The van der Waals surface area contributed by atoms with Crippen LogP contribution in [0.4, 0.5) is 13.2 Å². The van der Waals surface area contributed by atoms with Gasteiger partial charge in [0.05, 0.1) is 16.5 Å². The van der Waals surface area contributed by atoms with Crippen LogP contribution >= 0.6 is 11.3 Å². The number of aryl methyl sites for hydroxylation is 1. The molecule has 0 fully saturated rings.